The van der Waals surface area contributed by atoms with Gasteiger partial charge in [0.15, 0.2) is 0 Å². The fourth-order valence-electron chi connectivity index (χ4n) is 2.32. The van der Waals surface area contributed by atoms with Crippen molar-refractivity contribution in [3.05, 3.63) is 41.7 Å². The first-order valence-corrected chi connectivity index (χ1v) is 6.55. The highest BCUT2D eigenvalue weighted by molar-refractivity contribution is 5.94. The van der Waals surface area contributed by atoms with Crippen LogP contribution in [0.25, 0.3) is 6.08 Å². The van der Waals surface area contributed by atoms with E-state index < -0.39 is 17.8 Å². The molecule has 20 heavy (non-hydrogen) atoms. The molecule has 1 aromatic carbocycles. The van der Waals surface area contributed by atoms with Crippen molar-refractivity contribution in [2.45, 2.75) is 25.3 Å². The van der Waals surface area contributed by atoms with Gasteiger partial charge in [0.25, 0.3) is 0 Å². The molecule has 0 aliphatic carbocycles. The van der Waals surface area contributed by atoms with Crippen molar-refractivity contribution in [2.24, 2.45) is 0 Å². The van der Waals surface area contributed by atoms with Gasteiger partial charge in [-0.2, -0.15) is 0 Å². The molecule has 5 heteroatoms. The van der Waals surface area contributed by atoms with E-state index in [1.807, 2.05) is 0 Å². The van der Waals surface area contributed by atoms with Crippen molar-refractivity contribution in [2.75, 3.05) is 6.54 Å². The molecule has 0 spiro atoms. The zero-order valence-electron chi connectivity index (χ0n) is 11.0. The van der Waals surface area contributed by atoms with Crippen LogP contribution in [0, 0.1) is 5.82 Å². The number of carboxylic acid groups (broad SMARTS) is 1. The lowest BCUT2D eigenvalue weighted by Crippen LogP contribution is -2.47. The molecule has 2 rings (SSSR count). The van der Waals surface area contributed by atoms with E-state index in [0.717, 1.165) is 12.8 Å². The Morgan fingerprint density at radius 1 is 1.30 bits per heavy atom. The smallest absolute Gasteiger partial charge is 0.326 e. The number of carboxylic acids is 1. The summed E-state index contributed by atoms with van der Waals surface area (Å²) in [6, 6.07) is 5.34. The Morgan fingerprint density at radius 2 is 2.05 bits per heavy atom. The minimum absolute atomic E-state index is 0.310. The maximum absolute atomic E-state index is 13.4. The van der Waals surface area contributed by atoms with Crippen LogP contribution in [-0.2, 0) is 9.59 Å². The van der Waals surface area contributed by atoms with Crippen LogP contribution in [0.15, 0.2) is 30.3 Å². The first-order chi connectivity index (χ1) is 9.59. The van der Waals surface area contributed by atoms with E-state index in [-0.39, 0.29) is 5.91 Å². The number of aliphatic carboxylic acids is 1. The topological polar surface area (TPSA) is 57.6 Å². The fourth-order valence-corrected chi connectivity index (χ4v) is 2.32. The molecular formula is C15H16FNO3. The maximum Gasteiger partial charge on any atom is 0.326 e. The number of likely N-dealkylation sites (tertiary alicyclic amines) is 1. The number of amides is 1. The number of halogens is 1. The van der Waals surface area contributed by atoms with Crippen molar-refractivity contribution in [1.82, 2.24) is 4.90 Å². The first-order valence-electron chi connectivity index (χ1n) is 6.55. The van der Waals surface area contributed by atoms with Gasteiger partial charge in [-0.25, -0.2) is 9.18 Å². The summed E-state index contributed by atoms with van der Waals surface area (Å²) < 4.78 is 13.4. The third-order valence-corrected chi connectivity index (χ3v) is 3.38. The van der Waals surface area contributed by atoms with Crippen molar-refractivity contribution in [1.29, 1.82) is 0 Å². The standard InChI is InChI=1S/C15H16FNO3/c16-12-6-2-1-5-11(12)8-9-14(18)17-10-4-3-7-13(17)15(19)20/h1-2,5-6,8-9,13H,3-4,7,10H2,(H,19,20)/b9-8+. The van der Waals surface area contributed by atoms with Crippen LogP contribution in [0.5, 0.6) is 0 Å². The van der Waals surface area contributed by atoms with Crippen LogP contribution in [0.3, 0.4) is 0 Å². The average Bonchev–Trinajstić information content (AvgIpc) is 2.46. The number of hydrogen-bond acceptors (Lipinski definition) is 2. The lowest BCUT2D eigenvalue weighted by atomic mass is 10.0. The van der Waals surface area contributed by atoms with E-state index in [9.17, 15) is 14.0 Å². The molecule has 0 saturated carbocycles. The third-order valence-electron chi connectivity index (χ3n) is 3.38. The fraction of sp³-hybridized carbons (Fsp3) is 0.333. The summed E-state index contributed by atoms with van der Waals surface area (Å²) in [5.41, 5.74) is 0.310. The van der Waals surface area contributed by atoms with Gasteiger partial charge in [0.2, 0.25) is 5.91 Å². The number of hydrogen-bond donors (Lipinski definition) is 1. The molecule has 1 heterocycles. The number of rotatable bonds is 3. The van der Waals surface area contributed by atoms with E-state index in [4.69, 9.17) is 5.11 Å². The zero-order chi connectivity index (χ0) is 14.5. The van der Waals surface area contributed by atoms with E-state index >= 15 is 0 Å². The van der Waals surface area contributed by atoms with Crippen molar-refractivity contribution < 1.29 is 19.1 Å². The van der Waals surface area contributed by atoms with Crippen LogP contribution in [-0.4, -0.2) is 34.5 Å². The van der Waals surface area contributed by atoms with Gasteiger partial charge in [0.05, 0.1) is 0 Å². The van der Waals surface area contributed by atoms with Crippen LogP contribution in [0.2, 0.25) is 0 Å². The summed E-state index contributed by atoms with van der Waals surface area (Å²) in [6.45, 7) is 0.428. The molecule has 0 radical (unpaired) electrons. The first kappa shape index (κ1) is 14.2. The molecule has 1 atom stereocenters. The quantitative estimate of drug-likeness (QED) is 0.862. The van der Waals surface area contributed by atoms with Gasteiger partial charge in [-0.05, 0) is 31.4 Å². The summed E-state index contributed by atoms with van der Waals surface area (Å²) in [4.78, 5) is 24.5. The van der Waals surface area contributed by atoms with Crippen molar-refractivity contribution >= 4 is 18.0 Å². The minimum Gasteiger partial charge on any atom is -0.480 e. The Balaban J connectivity index is 2.10. The molecule has 0 aromatic heterocycles. The zero-order valence-corrected chi connectivity index (χ0v) is 11.0. The highest BCUT2D eigenvalue weighted by Crippen LogP contribution is 2.18. The maximum atomic E-state index is 13.4. The van der Waals surface area contributed by atoms with Gasteiger partial charge in [-0.1, -0.05) is 18.2 Å². The predicted octanol–water partition coefficient (Wildman–Crippen LogP) is 2.30. The molecule has 4 nitrogen and oxygen atoms in total. The molecule has 1 unspecified atom stereocenters. The van der Waals surface area contributed by atoms with Crippen LogP contribution < -0.4 is 0 Å². The molecule has 1 N–H and O–H groups in total. The van der Waals surface area contributed by atoms with E-state index in [0.29, 0.717) is 18.5 Å². The molecule has 1 aliphatic heterocycles. The highest BCUT2D eigenvalue weighted by Gasteiger charge is 2.30. The SMILES string of the molecule is O=C(O)C1CCCCN1C(=O)/C=C/c1ccccc1F. The van der Waals surface area contributed by atoms with Gasteiger partial charge >= 0.3 is 5.97 Å². The van der Waals surface area contributed by atoms with Crippen molar-refractivity contribution in [3.63, 3.8) is 0 Å². The molecule has 1 fully saturated rings. The second-order valence-corrected chi connectivity index (χ2v) is 4.74. The number of carbonyl (C=O) groups is 2. The average molecular weight is 277 g/mol. The molecule has 0 bridgehead atoms. The Kier molecular flexibility index (Phi) is 4.50. The van der Waals surface area contributed by atoms with Gasteiger partial charge in [0, 0.05) is 18.2 Å². The molecular weight excluding hydrogens is 261 g/mol. The number of nitrogens with zero attached hydrogens (tertiary/aromatic N) is 1. The molecule has 1 aromatic rings. The summed E-state index contributed by atoms with van der Waals surface area (Å²) >= 11 is 0. The minimum atomic E-state index is -0.989. The summed E-state index contributed by atoms with van der Waals surface area (Å²) in [6.07, 6.45) is 4.68. The second kappa shape index (κ2) is 6.32. The van der Waals surface area contributed by atoms with Gasteiger partial charge < -0.3 is 10.0 Å². The predicted molar refractivity (Wildman–Crippen MR) is 72.4 cm³/mol. The molecule has 1 amide bonds. The molecule has 1 saturated heterocycles. The van der Waals surface area contributed by atoms with Crippen LogP contribution >= 0.6 is 0 Å². The highest BCUT2D eigenvalue weighted by atomic mass is 19.1. The van der Waals surface area contributed by atoms with Crippen LogP contribution in [0.4, 0.5) is 4.39 Å². The summed E-state index contributed by atoms with van der Waals surface area (Å²) in [5, 5.41) is 9.11. The van der Waals surface area contributed by atoms with E-state index in [1.54, 1.807) is 18.2 Å². The second-order valence-electron chi connectivity index (χ2n) is 4.74. The Labute approximate surface area is 116 Å². The Morgan fingerprint density at radius 3 is 2.75 bits per heavy atom. The third kappa shape index (κ3) is 3.23. The van der Waals surface area contributed by atoms with E-state index in [2.05, 4.69) is 0 Å². The summed E-state index contributed by atoms with van der Waals surface area (Å²) in [5.74, 6) is -1.79. The number of benzene rings is 1. The van der Waals surface area contributed by atoms with Gasteiger partial charge in [-0.15, -0.1) is 0 Å². The Hall–Kier alpha value is -2.17. The summed E-state index contributed by atoms with van der Waals surface area (Å²) in [7, 11) is 0. The number of piperidine rings is 1. The van der Waals surface area contributed by atoms with Gasteiger partial charge in [0.1, 0.15) is 11.9 Å². The van der Waals surface area contributed by atoms with E-state index in [1.165, 1.54) is 23.1 Å². The lowest BCUT2D eigenvalue weighted by molar-refractivity contribution is -0.150. The molecule has 1 aliphatic rings. The normalized spacial score (nSPS) is 19.2. The van der Waals surface area contributed by atoms with Crippen molar-refractivity contribution in [3.8, 4) is 0 Å². The number of carbonyl (C=O) groups excluding carboxylic acids is 1. The van der Waals surface area contributed by atoms with Gasteiger partial charge in [-0.3, -0.25) is 4.79 Å². The lowest BCUT2D eigenvalue weighted by Gasteiger charge is -2.32. The largest absolute Gasteiger partial charge is 0.480 e. The molecule has 106 valence electrons. The Bertz CT molecular complexity index is 542. The monoisotopic (exact) mass is 277 g/mol. The van der Waals surface area contributed by atoms with Crippen LogP contribution in [0.1, 0.15) is 24.8 Å².